The monoisotopic (exact) mass is 383 g/mol. The molecule has 0 bridgehead atoms. The molecule has 2 aromatic carbocycles. The fourth-order valence-electron chi connectivity index (χ4n) is 3.05. The highest BCUT2D eigenvalue weighted by Gasteiger charge is 2.28. The van der Waals surface area contributed by atoms with Crippen molar-refractivity contribution < 1.29 is 19.7 Å². The Kier molecular flexibility index (Phi) is 5.16. The minimum Gasteiger partial charge on any atom is -0.508 e. The van der Waals surface area contributed by atoms with Crippen LogP contribution in [0.2, 0.25) is 0 Å². The van der Waals surface area contributed by atoms with E-state index in [-0.39, 0.29) is 28.6 Å². The van der Waals surface area contributed by atoms with Crippen molar-refractivity contribution in [1.29, 1.82) is 0 Å². The molecular weight excluding hydrogens is 365 g/mol. The predicted molar refractivity (Wildman–Crippen MR) is 91.2 cm³/mol. The molecule has 23 heavy (non-hydrogen) atoms. The molecule has 3 rings (SSSR count). The fourth-order valence-corrected chi connectivity index (χ4v) is 3.05. The molecule has 0 amide bonds. The van der Waals surface area contributed by atoms with Crippen molar-refractivity contribution >= 4 is 17.0 Å². The third kappa shape index (κ3) is 3.28. The second-order valence-electron chi connectivity index (χ2n) is 5.78. The second kappa shape index (κ2) is 6.76. The van der Waals surface area contributed by atoms with Gasteiger partial charge in [0.2, 0.25) is 0 Å². The van der Waals surface area contributed by atoms with Gasteiger partial charge in [-0.2, -0.15) is 0 Å². The van der Waals surface area contributed by atoms with Gasteiger partial charge in [0, 0.05) is 19.0 Å². The Bertz CT molecular complexity index is 706. The molecule has 0 saturated heterocycles. The Morgan fingerprint density at radius 1 is 1.13 bits per heavy atom. The van der Waals surface area contributed by atoms with Gasteiger partial charge >= 0.3 is 0 Å². The smallest absolute Gasteiger partial charge is 0.194 e. The van der Waals surface area contributed by atoms with Gasteiger partial charge in [0.1, 0.15) is 5.75 Å². The number of hydrogen-bond acceptors (Lipinski definition) is 4. The number of nitrogens with zero attached hydrogens (tertiary/aromatic N) is 1. The molecule has 0 spiro atoms. The molecule has 3 N–H and O–H groups in total. The number of aromatic hydroxyl groups is 3. The number of rotatable bonds is 1. The van der Waals surface area contributed by atoms with Gasteiger partial charge in [-0.15, -0.1) is 17.0 Å². The van der Waals surface area contributed by atoms with Crippen molar-refractivity contribution in [1.82, 2.24) is 4.90 Å². The Morgan fingerprint density at radius 2 is 1.78 bits per heavy atom. The lowest BCUT2D eigenvalue weighted by Gasteiger charge is -2.22. The molecule has 0 radical (unpaired) electrons. The van der Waals surface area contributed by atoms with Crippen LogP contribution in [0.15, 0.2) is 30.3 Å². The van der Waals surface area contributed by atoms with Gasteiger partial charge in [-0.1, -0.05) is 12.1 Å². The summed E-state index contributed by atoms with van der Waals surface area (Å²) in [7, 11) is 1.96. The predicted octanol–water partition coefficient (Wildman–Crippen LogP) is 3.14. The zero-order valence-electron chi connectivity index (χ0n) is 12.7. The van der Waals surface area contributed by atoms with Crippen LogP contribution < -0.4 is 0 Å². The van der Waals surface area contributed by atoms with Crippen molar-refractivity contribution in [3.8, 4) is 17.2 Å². The van der Waals surface area contributed by atoms with Crippen LogP contribution in [-0.4, -0.2) is 40.4 Å². The minimum absolute atomic E-state index is 0. The maximum absolute atomic E-state index is 14.3. The van der Waals surface area contributed by atoms with Crippen LogP contribution >= 0.6 is 17.0 Å². The summed E-state index contributed by atoms with van der Waals surface area (Å²) in [4.78, 5) is 2.09. The van der Waals surface area contributed by atoms with E-state index < -0.39 is 17.3 Å². The summed E-state index contributed by atoms with van der Waals surface area (Å²) in [6.07, 6.45) is 0.472. The minimum atomic E-state index is -0.742. The van der Waals surface area contributed by atoms with Crippen molar-refractivity contribution in [2.24, 2.45) is 0 Å². The van der Waals surface area contributed by atoms with E-state index >= 15 is 0 Å². The first-order chi connectivity index (χ1) is 10.5. The molecular formula is C17H19BrFNO3. The van der Waals surface area contributed by atoms with Crippen LogP contribution in [0.3, 0.4) is 0 Å². The second-order valence-corrected chi connectivity index (χ2v) is 5.78. The van der Waals surface area contributed by atoms with E-state index in [4.69, 9.17) is 0 Å². The molecule has 1 atom stereocenters. The molecule has 1 heterocycles. The quantitative estimate of drug-likeness (QED) is 0.661. The lowest BCUT2D eigenvalue weighted by atomic mass is 9.87. The van der Waals surface area contributed by atoms with E-state index in [1.165, 1.54) is 6.07 Å². The van der Waals surface area contributed by atoms with Crippen molar-refractivity contribution in [3.05, 3.63) is 52.8 Å². The Morgan fingerprint density at radius 3 is 2.43 bits per heavy atom. The van der Waals surface area contributed by atoms with Crippen molar-refractivity contribution in [3.63, 3.8) is 0 Å². The van der Waals surface area contributed by atoms with Gasteiger partial charge in [0.05, 0.1) is 0 Å². The third-order valence-electron chi connectivity index (χ3n) is 4.26. The van der Waals surface area contributed by atoms with Gasteiger partial charge in [-0.05, 0) is 48.4 Å². The van der Waals surface area contributed by atoms with E-state index in [2.05, 4.69) is 4.90 Å². The Hall–Kier alpha value is -1.79. The largest absolute Gasteiger partial charge is 0.508 e. The highest BCUT2D eigenvalue weighted by Crippen LogP contribution is 2.40. The molecule has 2 aromatic rings. The topological polar surface area (TPSA) is 63.9 Å². The first-order valence-corrected chi connectivity index (χ1v) is 7.18. The number of fused-ring (bicyclic) bond motifs is 1. The molecule has 0 aliphatic carbocycles. The van der Waals surface area contributed by atoms with Crippen molar-refractivity contribution in [2.75, 3.05) is 20.1 Å². The molecule has 0 fully saturated rings. The third-order valence-corrected chi connectivity index (χ3v) is 4.26. The lowest BCUT2D eigenvalue weighted by molar-refractivity contribution is 0.337. The summed E-state index contributed by atoms with van der Waals surface area (Å²) >= 11 is 0. The normalized spacial score (nSPS) is 17.9. The maximum Gasteiger partial charge on any atom is 0.194 e. The molecule has 1 unspecified atom stereocenters. The summed E-state index contributed by atoms with van der Waals surface area (Å²) in [5.74, 6) is -1.83. The number of likely N-dealkylation sites (N-methyl/N-ethyl adjacent to an activating group) is 1. The number of hydrogen-bond donors (Lipinski definition) is 3. The van der Waals surface area contributed by atoms with E-state index in [1.807, 2.05) is 7.05 Å². The summed E-state index contributed by atoms with van der Waals surface area (Å²) in [5.41, 5.74) is 2.05. The first kappa shape index (κ1) is 17.6. The fraction of sp³-hybridized carbons (Fsp3) is 0.294. The van der Waals surface area contributed by atoms with E-state index in [9.17, 15) is 19.7 Å². The maximum atomic E-state index is 14.3. The van der Waals surface area contributed by atoms with Crippen molar-refractivity contribution in [2.45, 2.75) is 12.3 Å². The molecule has 124 valence electrons. The summed E-state index contributed by atoms with van der Waals surface area (Å²) in [6, 6.07) is 8.23. The van der Waals surface area contributed by atoms with Gasteiger partial charge in [-0.3, -0.25) is 0 Å². The van der Waals surface area contributed by atoms with Crippen LogP contribution in [0.4, 0.5) is 4.39 Å². The summed E-state index contributed by atoms with van der Waals surface area (Å²) < 4.78 is 14.3. The van der Waals surface area contributed by atoms with Gasteiger partial charge in [-0.25, -0.2) is 4.39 Å². The van der Waals surface area contributed by atoms with Gasteiger partial charge in [0.25, 0.3) is 0 Å². The zero-order chi connectivity index (χ0) is 15.9. The summed E-state index contributed by atoms with van der Waals surface area (Å²) in [5, 5.41) is 28.9. The van der Waals surface area contributed by atoms with E-state index in [0.29, 0.717) is 30.6 Å². The number of benzene rings is 2. The van der Waals surface area contributed by atoms with Gasteiger partial charge in [0.15, 0.2) is 17.3 Å². The van der Waals surface area contributed by atoms with Crippen LogP contribution in [0.25, 0.3) is 0 Å². The molecule has 1 aliphatic rings. The molecule has 6 heteroatoms. The number of phenolic OH excluding ortho intramolecular Hbond substituents is 3. The first-order valence-electron chi connectivity index (χ1n) is 7.18. The van der Waals surface area contributed by atoms with E-state index in [1.54, 1.807) is 24.3 Å². The summed E-state index contributed by atoms with van der Waals surface area (Å²) in [6.45, 7) is 1.34. The Labute approximate surface area is 144 Å². The van der Waals surface area contributed by atoms with Crippen LogP contribution in [-0.2, 0) is 6.42 Å². The molecule has 4 nitrogen and oxygen atoms in total. The highest BCUT2D eigenvalue weighted by atomic mass is 79.9. The average Bonchev–Trinajstić information content (AvgIpc) is 2.65. The standard InChI is InChI=1S/C17H18FNO3.BrH/c1-19-7-6-12-13(8-15(21)17(22)16(12)18)14(9-19)10-2-4-11(20)5-3-10;/h2-5,8,14,20-22H,6-7,9H2,1H3;1H. The average molecular weight is 384 g/mol. The van der Waals surface area contributed by atoms with Crippen LogP contribution in [0.1, 0.15) is 22.6 Å². The molecule has 1 aliphatic heterocycles. The van der Waals surface area contributed by atoms with E-state index in [0.717, 1.165) is 5.56 Å². The SMILES string of the molecule is Br.CN1CCc2c(cc(O)c(O)c2F)C(c2ccc(O)cc2)C1. The van der Waals surface area contributed by atoms with Gasteiger partial charge < -0.3 is 20.2 Å². The van der Waals surface area contributed by atoms with Crippen LogP contribution in [0.5, 0.6) is 17.2 Å². The zero-order valence-corrected chi connectivity index (χ0v) is 14.4. The Balaban J connectivity index is 0.00000192. The molecule has 0 aromatic heterocycles. The van der Waals surface area contributed by atoms with Crippen LogP contribution in [0, 0.1) is 5.82 Å². The molecule has 0 saturated carbocycles. The highest BCUT2D eigenvalue weighted by molar-refractivity contribution is 8.93. The number of halogens is 2. The lowest BCUT2D eigenvalue weighted by Crippen LogP contribution is -2.24. The number of phenols is 3.